The number of nitrogens with two attached hydrogens (primary N) is 1. The van der Waals surface area contributed by atoms with Crippen molar-refractivity contribution in [3.8, 4) is 0 Å². The monoisotopic (exact) mass is 175 g/mol. The second-order valence-electron chi connectivity index (χ2n) is 3.66. The van der Waals surface area contributed by atoms with Crippen LogP contribution in [0.5, 0.6) is 0 Å². The second-order valence-corrected chi connectivity index (χ2v) is 3.66. The van der Waals surface area contributed by atoms with Gasteiger partial charge in [0.1, 0.15) is 0 Å². The van der Waals surface area contributed by atoms with Crippen LogP contribution in [0.15, 0.2) is 30.8 Å². The highest BCUT2D eigenvalue weighted by molar-refractivity contribution is 5.61. The van der Waals surface area contributed by atoms with Crippen LogP contribution >= 0.6 is 0 Å². The summed E-state index contributed by atoms with van der Waals surface area (Å²) in [5, 5.41) is 0. The molecule has 1 aromatic rings. The average Bonchev–Trinajstić information content (AvgIpc) is 2.03. The molecule has 1 unspecified atom stereocenters. The van der Waals surface area contributed by atoms with Crippen LogP contribution in [0.4, 0.5) is 0 Å². The Morgan fingerprint density at radius 2 is 2.23 bits per heavy atom. The van der Waals surface area contributed by atoms with Gasteiger partial charge in [0, 0.05) is 6.04 Å². The van der Waals surface area contributed by atoms with Crippen molar-refractivity contribution in [2.45, 2.75) is 26.3 Å². The van der Waals surface area contributed by atoms with Crippen LogP contribution in [0.2, 0.25) is 0 Å². The van der Waals surface area contributed by atoms with Gasteiger partial charge in [0.2, 0.25) is 0 Å². The summed E-state index contributed by atoms with van der Waals surface area (Å²) in [6, 6.07) is 8.62. The van der Waals surface area contributed by atoms with Crippen molar-refractivity contribution < 1.29 is 0 Å². The molecule has 1 heteroatoms. The number of benzene rings is 1. The average molecular weight is 175 g/mol. The van der Waals surface area contributed by atoms with Gasteiger partial charge in [0.05, 0.1) is 0 Å². The minimum Gasteiger partial charge on any atom is -0.328 e. The third-order valence-corrected chi connectivity index (χ3v) is 1.98. The summed E-state index contributed by atoms with van der Waals surface area (Å²) < 4.78 is 0. The number of allylic oxidation sites excluding steroid dienone is 1. The van der Waals surface area contributed by atoms with E-state index in [9.17, 15) is 0 Å². The Kier molecular flexibility index (Phi) is 3.26. The van der Waals surface area contributed by atoms with Gasteiger partial charge in [-0.1, -0.05) is 36.4 Å². The molecule has 0 saturated carbocycles. The third kappa shape index (κ3) is 3.03. The molecule has 0 spiro atoms. The zero-order valence-electron chi connectivity index (χ0n) is 8.38. The fourth-order valence-corrected chi connectivity index (χ4v) is 1.34. The van der Waals surface area contributed by atoms with Crippen LogP contribution in [0.1, 0.15) is 25.0 Å². The molecule has 13 heavy (non-hydrogen) atoms. The molecule has 0 heterocycles. The van der Waals surface area contributed by atoms with Gasteiger partial charge in [-0.2, -0.15) is 0 Å². The summed E-state index contributed by atoms with van der Waals surface area (Å²) in [4.78, 5) is 0. The number of rotatable bonds is 3. The van der Waals surface area contributed by atoms with E-state index in [4.69, 9.17) is 5.73 Å². The highest BCUT2D eigenvalue weighted by Crippen LogP contribution is 2.13. The van der Waals surface area contributed by atoms with E-state index in [1.807, 2.05) is 13.8 Å². The Morgan fingerprint density at radius 1 is 1.54 bits per heavy atom. The van der Waals surface area contributed by atoms with Crippen molar-refractivity contribution in [2.24, 2.45) is 5.73 Å². The van der Waals surface area contributed by atoms with Crippen molar-refractivity contribution in [1.29, 1.82) is 0 Å². The Labute approximate surface area is 80.3 Å². The number of hydrogen-bond donors (Lipinski definition) is 1. The Morgan fingerprint density at radius 3 is 2.77 bits per heavy atom. The first-order valence-corrected chi connectivity index (χ1v) is 4.60. The molecule has 1 nitrogen and oxygen atoms in total. The first-order chi connectivity index (χ1) is 6.09. The predicted molar refractivity (Wildman–Crippen MR) is 58.5 cm³/mol. The molecule has 1 atom stereocenters. The lowest BCUT2D eigenvalue weighted by Crippen LogP contribution is -2.17. The molecule has 0 amide bonds. The fraction of sp³-hybridized carbons (Fsp3) is 0.333. The quantitative estimate of drug-likeness (QED) is 0.750. The van der Waals surface area contributed by atoms with E-state index in [-0.39, 0.29) is 6.04 Å². The molecule has 1 aromatic carbocycles. The molecule has 0 radical (unpaired) electrons. The van der Waals surface area contributed by atoms with Gasteiger partial charge in [-0.05, 0) is 31.4 Å². The van der Waals surface area contributed by atoms with Crippen LogP contribution in [0, 0.1) is 0 Å². The maximum atomic E-state index is 5.73. The van der Waals surface area contributed by atoms with Gasteiger partial charge in [-0.25, -0.2) is 0 Å². The molecule has 0 aliphatic heterocycles. The maximum absolute atomic E-state index is 5.73. The van der Waals surface area contributed by atoms with E-state index >= 15 is 0 Å². The smallest absolute Gasteiger partial charge is 0.00509 e. The van der Waals surface area contributed by atoms with Crippen LogP contribution in [0.3, 0.4) is 0 Å². The SMILES string of the molecule is C=C(C)c1cccc(CC(C)N)c1. The molecule has 0 fully saturated rings. The molecule has 0 bridgehead atoms. The highest BCUT2D eigenvalue weighted by Gasteiger charge is 1.99. The van der Waals surface area contributed by atoms with Crippen LogP contribution in [0.25, 0.3) is 5.57 Å². The van der Waals surface area contributed by atoms with Crippen molar-refractivity contribution in [3.05, 3.63) is 42.0 Å². The summed E-state index contributed by atoms with van der Waals surface area (Å²) in [6.07, 6.45) is 0.932. The second kappa shape index (κ2) is 4.24. The lowest BCUT2D eigenvalue weighted by atomic mass is 10.0. The van der Waals surface area contributed by atoms with Gasteiger partial charge in [0.15, 0.2) is 0 Å². The van der Waals surface area contributed by atoms with Crippen molar-refractivity contribution in [2.75, 3.05) is 0 Å². The topological polar surface area (TPSA) is 26.0 Å². The first-order valence-electron chi connectivity index (χ1n) is 4.60. The normalized spacial score (nSPS) is 12.5. The van der Waals surface area contributed by atoms with Crippen LogP contribution < -0.4 is 5.73 Å². The van der Waals surface area contributed by atoms with Gasteiger partial charge in [-0.3, -0.25) is 0 Å². The minimum atomic E-state index is 0.223. The van der Waals surface area contributed by atoms with Crippen LogP contribution in [-0.4, -0.2) is 6.04 Å². The summed E-state index contributed by atoms with van der Waals surface area (Å²) in [6.45, 7) is 7.95. The Hall–Kier alpha value is -1.08. The molecule has 2 N–H and O–H groups in total. The van der Waals surface area contributed by atoms with Gasteiger partial charge in [0.25, 0.3) is 0 Å². The van der Waals surface area contributed by atoms with Crippen molar-refractivity contribution >= 4 is 5.57 Å². The molecule has 0 aliphatic rings. The third-order valence-electron chi connectivity index (χ3n) is 1.98. The fourth-order valence-electron chi connectivity index (χ4n) is 1.34. The van der Waals surface area contributed by atoms with E-state index < -0.39 is 0 Å². The summed E-state index contributed by atoms with van der Waals surface area (Å²) in [5.74, 6) is 0. The molecule has 0 aromatic heterocycles. The summed E-state index contributed by atoms with van der Waals surface area (Å²) in [7, 11) is 0. The lowest BCUT2D eigenvalue weighted by Gasteiger charge is -2.07. The summed E-state index contributed by atoms with van der Waals surface area (Å²) in [5.41, 5.74) is 9.33. The standard InChI is InChI=1S/C12H17N/c1-9(2)12-6-4-5-11(8-12)7-10(3)13/h4-6,8,10H,1,7,13H2,2-3H3. The first kappa shape index (κ1) is 10.0. The van der Waals surface area contributed by atoms with E-state index in [0.717, 1.165) is 12.0 Å². The molecule has 1 rings (SSSR count). The summed E-state index contributed by atoms with van der Waals surface area (Å²) >= 11 is 0. The van der Waals surface area contributed by atoms with Gasteiger partial charge >= 0.3 is 0 Å². The largest absolute Gasteiger partial charge is 0.328 e. The maximum Gasteiger partial charge on any atom is 0.00509 e. The van der Waals surface area contributed by atoms with Gasteiger partial charge in [-0.15, -0.1) is 0 Å². The van der Waals surface area contributed by atoms with E-state index in [1.165, 1.54) is 11.1 Å². The van der Waals surface area contributed by atoms with Crippen LogP contribution in [-0.2, 0) is 6.42 Å². The minimum absolute atomic E-state index is 0.223. The lowest BCUT2D eigenvalue weighted by molar-refractivity contribution is 0.738. The number of hydrogen-bond acceptors (Lipinski definition) is 1. The van der Waals surface area contributed by atoms with E-state index in [0.29, 0.717) is 0 Å². The Balaban J connectivity index is 2.85. The molecule has 70 valence electrons. The Bertz CT molecular complexity index is 300. The molecule has 0 saturated heterocycles. The van der Waals surface area contributed by atoms with Crippen molar-refractivity contribution in [1.82, 2.24) is 0 Å². The zero-order valence-corrected chi connectivity index (χ0v) is 8.38. The predicted octanol–water partition coefficient (Wildman–Crippen LogP) is 2.61. The highest BCUT2D eigenvalue weighted by atomic mass is 14.6. The van der Waals surface area contributed by atoms with E-state index in [2.05, 4.69) is 30.8 Å². The molecule has 0 aliphatic carbocycles. The van der Waals surface area contributed by atoms with Gasteiger partial charge < -0.3 is 5.73 Å². The van der Waals surface area contributed by atoms with E-state index in [1.54, 1.807) is 0 Å². The van der Waals surface area contributed by atoms with Crippen molar-refractivity contribution in [3.63, 3.8) is 0 Å². The molecular formula is C12H17N. The zero-order chi connectivity index (χ0) is 9.84. The molecular weight excluding hydrogens is 158 g/mol.